The van der Waals surface area contributed by atoms with Crippen molar-refractivity contribution < 1.29 is 13.2 Å². The Balaban J connectivity index is 2.02. The summed E-state index contributed by atoms with van der Waals surface area (Å²) in [6.45, 7) is 3.96. The van der Waals surface area contributed by atoms with Crippen molar-refractivity contribution in [2.24, 2.45) is 0 Å². The van der Waals surface area contributed by atoms with Crippen LogP contribution in [-0.4, -0.2) is 32.9 Å². The Labute approximate surface area is 147 Å². The van der Waals surface area contributed by atoms with E-state index in [0.29, 0.717) is 4.90 Å². The fourth-order valence-electron chi connectivity index (χ4n) is 2.42. The molecule has 0 saturated carbocycles. The van der Waals surface area contributed by atoms with Gasteiger partial charge in [0, 0.05) is 25.1 Å². The summed E-state index contributed by atoms with van der Waals surface area (Å²) in [7, 11) is -0.416. The Morgan fingerprint density at radius 1 is 1.12 bits per heavy atom. The molecule has 1 aliphatic rings. The van der Waals surface area contributed by atoms with Gasteiger partial charge in [-0.05, 0) is 38.1 Å². The van der Waals surface area contributed by atoms with Gasteiger partial charge < -0.3 is 10.1 Å². The number of fused-ring (bicyclic) bond motifs is 2. The topological polar surface area (TPSA) is 58.6 Å². The van der Waals surface area contributed by atoms with E-state index in [1.54, 1.807) is 26.2 Å². The molecule has 0 amide bonds. The number of nitrogens with zero attached hydrogens (tertiary/aromatic N) is 1. The van der Waals surface area contributed by atoms with E-state index in [2.05, 4.69) is 5.32 Å². The summed E-state index contributed by atoms with van der Waals surface area (Å²) in [6, 6.07) is 11.1. The van der Waals surface area contributed by atoms with Crippen LogP contribution in [0.25, 0.3) is 0 Å². The third kappa shape index (κ3) is 3.11. The van der Waals surface area contributed by atoms with Crippen molar-refractivity contribution in [3.05, 3.63) is 36.4 Å². The van der Waals surface area contributed by atoms with Crippen LogP contribution in [-0.2, 0) is 10.0 Å². The molecule has 0 saturated heterocycles. The van der Waals surface area contributed by atoms with E-state index in [9.17, 15) is 8.42 Å². The zero-order valence-corrected chi connectivity index (χ0v) is 15.7. The van der Waals surface area contributed by atoms with Gasteiger partial charge in [-0.2, -0.15) is 0 Å². The minimum absolute atomic E-state index is 0.100. The predicted molar refractivity (Wildman–Crippen MR) is 96.9 cm³/mol. The molecule has 1 heterocycles. The second-order valence-electron chi connectivity index (χ2n) is 5.97. The SMILES string of the molecule is CC(C)Oc1ccc2c(c1)Nc1cccc(S(=O)(=O)N(C)C)c1S2. The standard InChI is InChI=1S/C17H20N2O3S2/c1-11(2)22-12-8-9-15-14(10-12)18-13-6-5-7-16(17(13)23-15)24(20,21)19(3)4/h5-11,18H,1-4H3. The fraction of sp³-hybridized carbons (Fsp3) is 0.294. The van der Waals surface area contributed by atoms with Crippen LogP contribution < -0.4 is 10.1 Å². The van der Waals surface area contributed by atoms with Gasteiger partial charge in [-0.25, -0.2) is 12.7 Å². The molecule has 1 N–H and O–H groups in total. The van der Waals surface area contributed by atoms with Crippen molar-refractivity contribution in [1.82, 2.24) is 4.31 Å². The molecule has 3 rings (SSSR count). The molecule has 0 unspecified atom stereocenters. The molecular formula is C17H20N2O3S2. The lowest BCUT2D eigenvalue weighted by atomic mass is 10.2. The largest absolute Gasteiger partial charge is 0.491 e. The third-order valence-electron chi connectivity index (χ3n) is 3.54. The van der Waals surface area contributed by atoms with E-state index in [-0.39, 0.29) is 6.10 Å². The van der Waals surface area contributed by atoms with Crippen LogP contribution in [0.5, 0.6) is 5.75 Å². The fourth-order valence-corrected chi connectivity index (χ4v) is 4.82. The average molecular weight is 364 g/mol. The molecule has 128 valence electrons. The second kappa shape index (κ2) is 6.31. The summed E-state index contributed by atoms with van der Waals surface area (Å²) in [5, 5.41) is 3.32. The van der Waals surface area contributed by atoms with Crippen molar-refractivity contribution >= 4 is 33.2 Å². The molecule has 0 atom stereocenters. The maximum atomic E-state index is 12.6. The monoisotopic (exact) mass is 364 g/mol. The van der Waals surface area contributed by atoms with E-state index >= 15 is 0 Å². The van der Waals surface area contributed by atoms with Crippen LogP contribution >= 0.6 is 11.8 Å². The van der Waals surface area contributed by atoms with Gasteiger partial charge >= 0.3 is 0 Å². The van der Waals surface area contributed by atoms with Gasteiger partial charge in [0.05, 0.1) is 27.3 Å². The number of anilines is 2. The molecule has 0 bridgehead atoms. The van der Waals surface area contributed by atoms with Crippen LogP contribution in [0.4, 0.5) is 11.4 Å². The van der Waals surface area contributed by atoms with Crippen molar-refractivity contribution in [3.63, 3.8) is 0 Å². The molecule has 0 aromatic heterocycles. The van der Waals surface area contributed by atoms with Crippen molar-refractivity contribution in [3.8, 4) is 5.75 Å². The lowest BCUT2D eigenvalue weighted by Gasteiger charge is -2.24. The quantitative estimate of drug-likeness (QED) is 0.760. The van der Waals surface area contributed by atoms with Gasteiger partial charge in [0.25, 0.3) is 0 Å². The van der Waals surface area contributed by atoms with Gasteiger partial charge in [-0.15, -0.1) is 0 Å². The van der Waals surface area contributed by atoms with Crippen LogP contribution in [0.1, 0.15) is 13.8 Å². The Bertz CT molecular complexity index is 877. The lowest BCUT2D eigenvalue weighted by Crippen LogP contribution is -2.23. The highest BCUT2D eigenvalue weighted by molar-refractivity contribution is 8.00. The van der Waals surface area contributed by atoms with E-state index in [1.165, 1.54) is 16.1 Å². The maximum absolute atomic E-state index is 12.6. The highest BCUT2D eigenvalue weighted by Gasteiger charge is 2.27. The lowest BCUT2D eigenvalue weighted by molar-refractivity contribution is 0.242. The van der Waals surface area contributed by atoms with Gasteiger partial charge in [0.2, 0.25) is 10.0 Å². The van der Waals surface area contributed by atoms with Crippen LogP contribution in [0.3, 0.4) is 0 Å². The molecule has 0 aliphatic carbocycles. The van der Waals surface area contributed by atoms with E-state index in [1.807, 2.05) is 38.1 Å². The van der Waals surface area contributed by atoms with Crippen molar-refractivity contribution in [2.45, 2.75) is 34.6 Å². The number of hydrogen-bond acceptors (Lipinski definition) is 5. The van der Waals surface area contributed by atoms with E-state index in [0.717, 1.165) is 26.9 Å². The summed E-state index contributed by atoms with van der Waals surface area (Å²) < 4.78 is 32.1. The van der Waals surface area contributed by atoms with Gasteiger partial charge in [0.1, 0.15) is 5.75 Å². The molecule has 5 nitrogen and oxygen atoms in total. The predicted octanol–water partition coefficient (Wildman–Crippen LogP) is 3.93. The number of rotatable bonds is 4. The Hall–Kier alpha value is -1.70. The molecule has 0 spiro atoms. The highest BCUT2D eigenvalue weighted by atomic mass is 32.2. The average Bonchev–Trinajstić information content (AvgIpc) is 2.51. The second-order valence-corrected chi connectivity index (χ2v) is 9.14. The van der Waals surface area contributed by atoms with Crippen LogP contribution in [0.15, 0.2) is 51.1 Å². The minimum atomic E-state index is -3.50. The smallest absolute Gasteiger partial charge is 0.243 e. The first-order chi connectivity index (χ1) is 11.3. The summed E-state index contributed by atoms with van der Waals surface area (Å²) in [4.78, 5) is 2.01. The summed E-state index contributed by atoms with van der Waals surface area (Å²) >= 11 is 1.46. The summed E-state index contributed by atoms with van der Waals surface area (Å²) in [5.41, 5.74) is 1.71. The molecular weight excluding hydrogens is 344 g/mol. The highest BCUT2D eigenvalue weighted by Crippen LogP contribution is 2.48. The molecule has 1 aliphatic heterocycles. The number of hydrogen-bond donors (Lipinski definition) is 1. The molecule has 0 radical (unpaired) electrons. The first-order valence-corrected chi connectivity index (χ1v) is 9.86. The van der Waals surface area contributed by atoms with Crippen LogP contribution in [0, 0.1) is 0 Å². The van der Waals surface area contributed by atoms with E-state index in [4.69, 9.17) is 4.74 Å². The molecule has 24 heavy (non-hydrogen) atoms. The van der Waals surface area contributed by atoms with Gasteiger partial charge in [0.15, 0.2) is 0 Å². The molecule has 7 heteroatoms. The maximum Gasteiger partial charge on any atom is 0.243 e. The normalized spacial score (nSPS) is 13.4. The molecule has 0 fully saturated rings. The van der Waals surface area contributed by atoms with Crippen LogP contribution in [0.2, 0.25) is 0 Å². The first-order valence-electron chi connectivity index (χ1n) is 7.60. The Morgan fingerprint density at radius 3 is 2.54 bits per heavy atom. The van der Waals surface area contributed by atoms with Gasteiger partial charge in [-0.3, -0.25) is 0 Å². The minimum Gasteiger partial charge on any atom is -0.491 e. The van der Waals surface area contributed by atoms with Crippen molar-refractivity contribution in [1.29, 1.82) is 0 Å². The summed E-state index contributed by atoms with van der Waals surface area (Å²) in [5.74, 6) is 0.789. The molecule has 2 aromatic carbocycles. The third-order valence-corrected chi connectivity index (χ3v) is 6.75. The summed E-state index contributed by atoms with van der Waals surface area (Å²) in [6.07, 6.45) is 0.100. The zero-order chi connectivity index (χ0) is 17.5. The first kappa shape index (κ1) is 17.1. The number of nitrogens with one attached hydrogen (secondary N) is 1. The van der Waals surface area contributed by atoms with E-state index < -0.39 is 10.0 Å². The number of benzene rings is 2. The number of ether oxygens (including phenoxy) is 1. The zero-order valence-electron chi connectivity index (χ0n) is 14.0. The Morgan fingerprint density at radius 2 is 1.88 bits per heavy atom. The molecule has 2 aromatic rings. The Kier molecular flexibility index (Phi) is 4.50. The van der Waals surface area contributed by atoms with Crippen molar-refractivity contribution in [2.75, 3.05) is 19.4 Å². The van der Waals surface area contributed by atoms with Gasteiger partial charge in [-0.1, -0.05) is 17.8 Å². The number of sulfonamides is 1.